The zero-order chi connectivity index (χ0) is 16.5. The lowest BCUT2D eigenvalue weighted by atomic mass is 10.1. The van der Waals surface area contributed by atoms with E-state index in [1.54, 1.807) is 0 Å². The number of carboxylic acids is 1. The van der Waals surface area contributed by atoms with Crippen LogP contribution in [0, 0.1) is 5.82 Å². The highest BCUT2D eigenvalue weighted by Gasteiger charge is 2.35. The molecule has 0 radical (unpaired) electrons. The van der Waals surface area contributed by atoms with E-state index >= 15 is 0 Å². The zero-order valence-electron chi connectivity index (χ0n) is 11.7. The first-order valence-electron chi connectivity index (χ1n) is 6.55. The second-order valence-corrected chi connectivity index (χ2v) is 6.70. The van der Waals surface area contributed by atoms with Crippen LogP contribution in [-0.2, 0) is 14.8 Å². The van der Waals surface area contributed by atoms with Crippen LogP contribution in [0.4, 0.5) is 4.39 Å². The number of hydrogen-bond acceptors (Lipinski definition) is 4. The summed E-state index contributed by atoms with van der Waals surface area (Å²) in [5, 5.41) is 9.09. The van der Waals surface area contributed by atoms with Crippen LogP contribution in [0.5, 0.6) is 0 Å². The van der Waals surface area contributed by atoms with Crippen LogP contribution in [0.3, 0.4) is 0 Å². The minimum absolute atomic E-state index is 0.0663. The lowest BCUT2D eigenvalue weighted by Gasteiger charge is -2.21. The molecule has 0 saturated carbocycles. The van der Waals surface area contributed by atoms with Gasteiger partial charge in [0.15, 0.2) is 0 Å². The standard InChI is InChI=1S/C13H15FN2O5S/c1-15-22(20,21)11-7-8(4-5-9(11)14)12(17)16-6-2-3-10(16)13(18)19/h4-5,7,10,15H,2-3,6H2,1H3,(H,18,19)/t10-/m0/s1. The Balaban J connectivity index is 2.39. The summed E-state index contributed by atoms with van der Waals surface area (Å²) in [5.74, 6) is -2.73. The number of nitrogens with zero attached hydrogens (tertiary/aromatic N) is 1. The molecule has 1 aromatic rings. The Labute approximate surface area is 126 Å². The van der Waals surface area contributed by atoms with Crippen molar-refractivity contribution in [2.45, 2.75) is 23.8 Å². The lowest BCUT2D eigenvalue weighted by Crippen LogP contribution is -2.40. The normalized spacial score (nSPS) is 18.5. The Bertz CT molecular complexity index is 719. The van der Waals surface area contributed by atoms with Crippen molar-refractivity contribution in [3.8, 4) is 0 Å². The van der Waals surface area contributed by atoms with Gasteiger partial charge in [-0.25, -0.2) is 22.3 Å². The van der Waals surface area contributed by atoms with Gasteiger partial charge in [-0.05, 0) is 38.1 Å². The van der Waals surface area contributed by atoms with Crippen molar-refractivity contribution in [2.75, 3.05) is 13.6 Å². The summed E-state index contributed by atoms with van der Waals surface area (Å²) in [6.07, 6.45) is 0.884. The van der Waals surface area contributed by atoms with Gasteiger partial charge in [-0.1, -0.05) is 0 Å². The summed E-state index contributed by atoms with van der Waals surface area (Å²) in [5.41, 5.74) is -0.0663. The molecule has 7 nitrogen and oxygen atoms in total. The molecule has 1 saturated heterocycles. The van der Waals surface area contributed by atoms with Gasteiger partial charge in [0.1, 0.15) is 16.8 Å². The average Bonchev–Trinajstić information content (AvgIpc) is 2.96. The maximum absolute atomic E-state index is 13.7. The minimum atomic E-state index is -4.05. The van der Waals surface area contributed by atoms with Crippen LogP contribution in [0.25, 0.3) is 0 Å². The topological polar surface area (TPSA) is 104 Å². The first-order valence-corrected chi connectivity index (χ1v) is 8.03. The largest absolute Gasteiger partial charge is 0.480 e. The molecule has 1 atom stereocenters. The second kappa shape index (κ2) is 6.01. The molecule has 2 rings (SSSR count). The van der Waals surface area contributed by atoms with Crippen LogP contribution in [-0.4, -0.2) is 49.9 Å². The van der Waals surface area contributed by atoms with Crippen molar-refractivity contribution in [3.63, 3.8) is 0 Å². The number of halogens is 1. The summed E-state index contributed by atoms with van der Waals surface area (Å²) in [4.78, 5) is 24.0. The molecule has 0 spiro atoms. The van der Waals surface area contributed by atoms with E-state index in [1.165, 1.54) is 0 Å². The van der Waals surface area contributed by atoms with Gasteiger partial charge in [0, 0.05) is 12.1 Å². The minimum Gasteiger partial charge on any atom is -0.480 e. The molecular formula is C13H15FN2O5S. The van der Waals surface area contributed by atoms with Crippen molar-refractivity contribution in [1.82, 2.24) is 9.62 Å². The molecular weight excluding hydrogens is 315 g/mol. The van der Waals surface area contributed by atoms with E-state index in [2.05, 4.69) is 0 Å². The van der Waals surface area contributed by atoms with E-state index in [0.29, 0.717) is 12.8 Å². The summed E-state index contributed by atoms with van der Waals surface area (Å²) in [6, 6.07) is 2.00. The number of carbonyl (C=O) groups is 2. The van der Waals surface area contributed by atoms with Gasteiger partial charge < -0.3 is 10.0 Å². The quantitative estimate of drug-likeness (QED) is 0.833. The molecule has 120 valence electrons. The Morgan fingerprint density at radius 1 is 1.41 bits per heavy atom. The summed E-state index contributed by atoms with van der Waals surface area (Å²) < 4.78 is 39.1. The second-order valence-electron chi connectivity index (χ2n) is 4.85. The first-order chi connectivity index (χ1) is 10.3. The smallest absolute Gasteiger partial charge is 0.326 e. The molecule has 9 heteroatoms. The van der Waals surface area contributed by atoms with E-state index in [0.717, 1.165) is 30.1 Å². The molecule has 1 amide bonds. The molecule has 0 unspecified atom stereocenters. The number of carbonyl (C=O) groups excluding carboxylic acids is 1. The SMILES string of the molecule is CNS(=O)(=O)c1cc(C(=O)N2CCC[C@H]2C(=O)O)ccc1F. The molecule has 1 fully saturated rings. The van der Waals surface area contributed by atoms with Crippen LogP contribution < -0.4 is 4.72 Å². The number of likely N-dealkylation sites (tertiary alicyclic amines) is 1. The highest BCUT2D eigenvalue weighted by molar-refractivity contribution is 7.89. The molecule has 0 aliphatic carbocycles. The van der Waals surface area contributed by atoms with E-state index in [-0.39, 0.29) is 12.1 Å². The van der Waals surface area contributed by atoms with Crippen LogP contribution in [0.15, 0.2) is 23.1 Å². The van der Waals surface area contributed by atoms with Gasteiger partial charge in [0.05, 0.1) is 0 Å². The lowest BCUT2D eigenvalue weighted by molar-refractivity contribution is -0.141. The molecule has 22 heavy (non-hydrogen) atoms. The summed E-state index contributed by atoms with van der Waals surface area (Å²) >= 11 is 0. The Kier molecular flexibility index (Phi) is 4.47. The molecule has 0 bridgehead atoms. The Morgan fingerprint density at radius 3 is 2.68 bits per heavy atom. The van der Waals surface area contributed by atoms with Crippen LogP contribution in [0.1, 0.15) is 23.2 Å². The molecule has 0 aromatic heterocycles. The van der Waals surface area contributed by atoms with Crippen molar-refractivity contribution >= 4 is 21.9 Å². The van der Waals surface area contributed by atoms with Crippen LogP contribution in [0.2, 0.25) is 0 Å². The highest BCUT2D eigenvalue weighted by atomic mass is 32.2. The predicted octanol–water partition coefficient (Wildman–Crippen LogP) is 0.423. The van der Waals surface area contributed by atoms with Gasteiger partial charge in [0.25, 0.3) is 5.91 Å². The van der Waals surface area contributed by atoms with Gasteiger partial charge >= 0.3 is 5.97 Å². The van der Waals surface area contributed by atoms with E-state index in [1.807, 2.05) is 4.72 Å². The van der Waals surface area contributed by atoms with E-state index < -0.39 is 38.7 Å². The summed E-state index contributed by atoms with van der Waals surface area (Å²) in [6.45, 7) is 0.265. The maximum Gasteiger partial charge on any atom is 0.326 e. The molecule has 1 aliphatic rings. The number of carboxylic acid groups (broad SMARTS) is 1. The molecule has 1 heterocycles. The zero-order valence-corrected chi connectivity index (χ0v) is 12.6. The number of rotatable bonds is 4. The maximum atomic E-state index is 13.7. The van der Waals surface area contributed by atoms with Crippen molar-refractivity contribution in [1.29, 1.82) is 0 Å². The number of benzene rings is 1. The third-order valence-corrected chi connectivity index (χ3v) is 4.96. The Morgan fingerprint density at radius 2 is 2.09 bits per heavy atom. The molecule has 2 N–H and O–H groups in total. The average molecular weight is 330 g/mol. The predicted molar refractivity (Wildman–Crippen MR) is 74.3 cm³/mol. The van der Waals surface area contributed by atoms with Crippen molar-refractivity contribution < 1.29 is 27.5 Å². The van der Waals surface area contributed by atoms with E-state index in [4.69, 9.17) is 5.11 Å². The molecule has 1 aromatic carbocycles. The summed E-state index contributed by atoms with van der Waals surface area (Å²) in [7, 11) is -2.92. The van der Waals surface area contributed by atoms with Gasteiger partial charge in [-0.3, -0.25) is 4.79 Å². The van der Waals surface area contributed by atoms with Crippen molar-refractivity contribution in [2.24, 2.45) is 0 Å². The van der Waals surface area contributed by atoms with Gasteiger partial charge in [0.2, 0.25) is 10.0 Å². The monoisotopic (exact) mass is 330 g/mol. The number of nitrogens with one attached hydrogen (secondary N) is 1. The number of sulfonamides is 1. The highest BCUT2D eigenvalue weighted by Crippen LogP contribution is 2.22. The fourth-order valence-electron chi connectivity index (χ4n) is 2.38. The van der Waals surface area contributed by atoms with E-state index in [9.17, 15) is 22.4 Å². The fraction of sp³-hybridized carbons (Fsp3) is 0.385. The van der Waals surface area contributed by atoms with Crippen molar-refractivity contribution in [3.05, 3.63) is 29.6 Å². The molecule has 1 aliphatic heterocycles. The fourth-order valence-corrected chi connectivity index (χ4v) is 3.21. The number of aliphatic carboxylic acids is 1. The number of hydrogen-bond donors (Lipinski definition) is 2. The third-order valence-electron chi connectivity index (χ3n) is 3.54. The van der Waals surface area contributed by atoms with Gasteiger partial charge in [-0.15, -0.1) is 0 Å². The van der Waals surface area contributed by atoms with Gasteiger partial charge in [-0.2, -0.15) is 0 Å². The third kappa shape index (κ3) is 2.95. The number of amides is 1. The van der Waals surface area contributed by atoms with Crippen LogP contribution >= 0.6 is 0 Å². The first kappa shape index (κ1) is 16.4. The Hall–Kier alpha value is -2.00.